The molecule has 0 saturated heterocycles. The second-order valence-corrected chi connectivity index (χ2v) is 6.79. The van der Waals surface area contributed by atoms with Gasteiger partial charge in [-0.15, -0.1) is 0 Å². The van der Waals surface area contributed by atoms with Crippen LogP contribution in [0.25, 0.3) is 0 Å². The van der Waals surface area contributed by atoms with Gasteiger partial charge in [0.05, 0.1) is 0 Å². The van der Waals surface area contributed by atoms with E-state index in [1.54, 1.807) is 0 Å². The van der Waals surface area contributed by atoms with Crippen LogP contribution in [0.15, 0.2) is 24.3 Å². The van der Waals surface area contributed by atoms with Crippen LogP contribution in [0.3, 0.4) is 0 Å². The molecular weight excluding hydrogens is 296 g/mol. The minimum absolute atomic E-state index is 0.329. The average molecular weight is 337 g/mol. The van der Waals surface area contributed by atoms with Crippen molar-refractivity contribution in [1.29, 1.82) is 0 Å². The van der Waals surface area contributed by atoms with Crippen molar-refractivity contribution in [3.05, 3.63) is 24.3 Å². The number of carboxylic acids is 1. The van der Waals surface area contributed by atoms with E-state index in [-0.39, 0.29) is 0 Å². The molecular formula is C22H40O2. The molecule has 2 heteroatoms. The zero-order valence-electron chi connectivity index (χ0n) is 16.0. The maximum Gasteiger partial charge on any atom is 0.303 e. The van der Waals surface area contributed by atoms with Crippen LogP contribution in [-0.4, -0.2) is 11.1 Å². The van der Waals surface area contributed by atoms with Gasteiger partial charge in [-0.25, -0.2) is 0 Å². The summed E-state index contributed by atoms with van der Waals surface area (Å²) >= 11 is 0. The Bertz CT molecular complexity index is 318. The third-order valence-electron chi connectivity index (χ3n) is 4.41. The molecule has 0 aliphatic rings. The fraction of sp³-hybridized carbons (Fsp3) is 0.773. The molecule has 0 aromatic carbocycles. The minimum Gasteiger partial charge on any atom is -0.481 e. The molecule has 2 nitrogen and oxygen atoms in total. The van der Waals surface area contributed by atoms with Crippen molar-refractivity contribution in [2.24, 2.45) is 0 Å². The number of hydrogen-bond acceptors (Lipinski definition) is 1. The van der Waals surface area contributed by atoms with Crippen molar-refractivity contribution < 1.29 is 9.90 Å². The van der Waals surface area contributed by atoms with E-state index in [2.05, 4.69) is 31.2 Å². The minimum atomic E-state index is -0.665. The van der Waals surface area contributed by atoms with E-state index in [1.165, 1.54) is 83.5 Å². The monoisotopic (exact) mass is 336 g/mol. The Kier molecular flexibility index (Phi) is 19.1. The summed E-state index contributed by atoms with van der Waals surface area (Å²) in [5.41, 5.74) is 0. The lowest BCUT2D eigenvalue weighted by Crippen LogP contribution is -1.93. The number of unbranched alkanes of at least 4 members (excludes halogenated alkanes) is 13. The van der Waals surface area contributed by atoms with Crippen molar-refractivity contribution in [2.45, 2.75) is 110 Å². The van der Waals surface area contributed by atoms with Crippen molar-refractivity contribution in [3.63, 3.8) is 0 Å². The van der Waals surface area contributed by atoms with Gasteiger partial charge in [0.2, 0.25) is 0 Å². The maximum atomic E-state index is 10.4. The summed E-state index contributed by atoms with van der Waals surface area (Å²) < 4.78 is 0. The summed E-state index contributed by atoms with van der Waals surface area (Å²) in [6, 6.07) is 0. The van der Waals surface area contributed by atoms with Gasteiger partial charge in [0, 0.05) is 6.42 Å². The Labute approximate surface area is 150 Å². The molecule has 0 fully saturated rings. The lowest BCUT2D eigenvalue weighted by atomic mass is 10.1. The van der Waals surface area contributed by atoms with Crippen molar-refractivity contribution >= 4 is 5.97 Å². The van der Waals surface area contributed by atoms with Crippen LogP contribution in [0.2, 0.25) is 0 Å². The number of carboxylic acid groups (broad SMARTS) is 1. The normalized spacial score (nSPS) is 11.7. The van der Waals surface area contributed by atoms with Gasteiger partial charge >= 0.3 is 5.97 Å². The van der Waals surface area contributed by atoms with E-state index in [0.717, 1.165) is 12.8 Å². The summed E-state index contributed by atoms with van der Waals surface area (Å²) in [6.07, 6.45) is 28.3. The first kappa shape index (κ1) is 22.9. The van der Waals surface area contributed by atoms with Gasteiger partial charge < -0.3 is 5.11 Å². The fourth-order valence-corrected chi connectivity index (χ4v) is 2.88. The highest BCUT2D eigenvalue weighted by Crippen LogP contribution is 2.11. The molecule has 140 valence electrons. The number of rotatable bonds is 18. The number of allylic oxidation sites excluding steroid dienone is 4. The highest BCUT2D eigenvalue weighted by molar-refractivity contribution is 5.66. The Balaban J connectivity index is 3.10. The van der Waals surface area contributed by atoms with Gasteiger partial charge in [-0.1, -0.05) is 75.7 Å². The van der Waals surface area contributed by atoms with E-state index in [1.807, 2.05) is 0 Å². The molecule has 24 heavy (non-hydrogen) atoms. The predicted molar refractivity (Wildman–Crippen MR) is 105 cm³/mol. The fourth-order valence-electron chi connectivity index (χ4n) is 2.88. The number of aliphatic carboxylic acids is 1. The number of hydrogen-bond donors (Lipinski definition) is 1. The first-order valence-electron chi connectivity index (χ1n) is 10.3. The van der Waals surface area contributed by atoms with Gasteiger partial charge in [0.15, 0.2) is 0 Å². The van der Waals surface area contributed by atoms with Crippen LogP contribution in [0.5, 0.6) is 0 Å². The van der Waals surface area contributed by atoms with E-state index in [0.29, 0.717) is 6.42 Å². The Morgan fingerprint density at radius 2 is 1.00 bits per heavy atom. The van der Waals surface area contributed by atoms with E-state index >= 15 is 0 Å². The third-order valence-corrected chi connectivity index (χ3v) is 4.41. The molecule has 0 aromatic heterocycles. The Morgan fingerprint density at radius 1 is 0.625 bits per heavy atom. The molecule has 0 heterocycles. The Morgan fingerprint density at radius 3 is 1.42 bits per heavy atom. The highest BCUT2D eigenvalue weighted by Gasteiger charge is 1.96. The third kappa shape index (κ3) is 20.9. The zero-order chi connectivity index (χ0) is 17.7. The highest BCUT2D eigenvalue weighted by atomic mass is 16.4. The molecule has 0 atom stereocenters. The number of carbonyl (C=O) groups is 1. The van der Waals surface area contributed by atoms with E-state index in [9.17, 15) is 4.79 Å². The SMILES string of the molecule is C/C=C\CCCCCCCCC/C=C\CCCCCCCC(=O)O. The van der Waals surface area contributed by atoms with Crippen LogP contribution >= 0.6 is 0 Å². The summed E-state index contributed by atoms with van der Waals surface area (Å²) in [6.45, 7) is 2.10. The van der Waals surface area contributed by atoms with Crippen molar-refractivity contribution in [1.82, 2.24) is 0 Å². The molecule has 0 aromatic rings. The molecule has 0 aliphatic heterocycles. The van der Waals surface area contributed by atoms with E-state index in [4.69, 9.17) is 5.11 Å². The smallest absolute Gasteiger partial charge is 0.303 e. The Hall–Kier alpha value is -1.05. The van der Waals surface area contributed by atoms with Gasteiger partial charge in [0.25, 0.3) is 0 Å². The molecule has 0 amide bonds. The first-order valence-corrected chi connectivity index (χ1v) is 10.3. The zero-order valence-corrected chi connectivity index (χ0v) is 16.0. The van der Waals surface area contributed by atoms with Crippen molar-refractivity contribution in [2.75, 3.05) is 0 Å². The van der Waals surface area contributed by atoms with Crippen LogP contribution in [0, 0.1) is 0 Å². The lowest BCUT2D eigenvalue weighted by Gasteiger charge is -2.00. The molecule has 1 N–H and O–H groups in total. The summed E-state index contributed by atoms with van der Waals surface area (Å²) in [5, 5.41) is 8.55. The molecule has 0 spiro atoms. The van der Waals surface area contributed by atoms with Crippen LogP contribution < -0.4 is 0 Å². The first-order chi connectivity index (χ1) is 11.8. The average Bonchev–Trinajstić information content (AvgIpc) is 2.56. The van der Waals surface area contributed by atoms with Gasteiger partial charge in [0.1, 0.15) is 0 Å². The molecule has 0 aliphatic carbocycles. The second-order valence-electron chi connectivity index (χ2n) is 6.79. The van der Waals surface area contributed by atoms with Crippen LogP contribution in [0.4, 0.5) is 0 Å². The molecule has 0 saturated carbocycles. The summed E-state index contributed by atoms with van der Waals surface area (Å²) in [7, 11) is 0. The van der Waals surface area contributed by atoms with Crippen molar-refractivity contribution in [3.8, 4) is 0 Å². The quantitative estimate of drug-likeness (QED) is 0.208. The molecule has 0 unspecified atom stereocenters. The standard InChI is InChI=1S/C22H40O2/c1-2-3-4-5-6-7-8-9-10-11-12-13-14-15-16-17-18-19-20-21-22(23)24/h2-3,13-14H,4-12,15-21H2,1H3,(H,23,24)/b3-2-,14-13-. The van der Waals surface area contributed by atoms with E-state index < -0.39 is 5.97 Å². The van der Waals surface area contributed by atoms with Gasteiger partial charge in [-0.2, -0.15) is 0 Å². The van der Waals surface area contributed by atoms with Gasteiger partial charge in [-0.3, -0.25) is 4.79 Å². The lowest BCUT2D eigenvalue weighted by molar-refractivity contribution is -0.137. The maximum absolute atomic E-state index is 10.4. The predicted octanol–water partition coefficient (Wildman–Crippen LogP) is 7.44. The largest absolute Gasteiger partial charge is 0.481 e. The topological polar surface area (TPSA) is 37.3 Å². The molecule has 0 bridgehead atoms. The summed E-state index contributed by atoms with van der Waals surface area (Å²) in [5.74, 6) is -0.665. The van der Waals surface area contributed by atoms with Crippen LogP contribution in [0.1, 0.15) is 110 Å². The molecule has 0 radical (unpaired) electrons. The second kappa shape index (κ2) is 20.0. The van der Waals surface area contributed by atoms with Gasteiger partial charge in [-0.05, 0) is 51.9 Å². The van der Waals surface area contributed by atoms with Crippen LogP contribution in [-0.2, 0) is 4.79 Å². The molecule has 0 rings (SSSR count). The summed E-state index contributed by atoms with van der Waals surface area (Å²) in [4.78, 5) is 10.4.